The zero-order valence-corrected chi connectivity index (χ0v) is 10.2. The number of rotatable bonds is 1. The first-order valence-corrected chi connectivity index (χ1v) is 5.59. The lowest BCUT2D eigenvalue weighted by molar-refractivity contribution is 1.41. The molecule has 16 heavy (non-hydrogen) atoms. The predicted octanol–water partition coefficient (Wildman–Crippen LogP) is 4.21. The van der Waals surface area contributed by atoms with Crippen molar-refractivity contribution >= 4 is 17.3 Å². The third-order valence-corrected chi connectivity index (χ3v) is 3.14. The van der Waals surface area contributed by atoms with E-state index < -0.39 is 0 Å². The Labute approximate surface area is 101 Å². The SMILES string of the molecule is Cc1ccccc1-c1c(C)ccc(Cl)c1N. The largest absolute Gasteiger partial charge is 0.397 e. The number of anilines is 1. The summed E-state index contributed by atoms with van der Waals surface area (Å²) in [6, 6.07) is 12.0. The minimum Gasteiger partial charge on any atom is -0.397 e. The molecule has 2 heteroatoms. The van der Waals surface area contributed by atoms with Gasteiger partial charge in [0.15, 0.2) is 0 Å². The third-order valence-electron chi connectivity index (χ3n) is 2.82. The van der Waals surface area contributed by atoms with E-state index in [1.54, 1.807) is 0 Å². The van der Waals surface area contributed by atoms with Gasteiger partial charge in [0.05, 0.1) is 10.7 Å². The molecule has 0 amide bonds. The number of nitrogens with two attached hydrogens (primary N) is 1. The van der Waals surface area contributed by atoms with E-state index in [9.17, 15) is 0 Å². The van der Waals surface area contributed by atoms with Crippen molar-refractivity contribution in [1.29, 1.82) is 0 Å². The van der Waals surface area contributed by atoms with Gasteiger partial charge in [-0.1, -0.05) is 41.9 Å². The molecule has 0 aliphatic rings. The van der Waals surface area contributed by atoms with Crippen molar-refractivity contribution in [1.82, 2.24) is 0 Å². The van der Waals surface area contributed by atoms with Crippen molar-refractivity contribution < 1.29 is 0 Å². The molecule has 0 radical (unpaired) electrons. The summed E-state index contributed by atoms with van der Waals surface area (Å²) in [5.41, 5.74) is 11.3. The van der Waals surface area contributed by atoms with Gasteiger partial charge in [-0.3, -0.25) is 0 Å². The average molecular weight is 232 g/mol. The highest BCUT2D eigenvalue weighted by Gasteiger charge is 2.10. The number of aryl methyl sites for hydroxylation is 2. The maximum atomic E-state index is 6.06. The van der Waals surface area contributed by atoms with Crippen LogP contribution >= 0.6 is 11.6 Å². The van der Waals surface area contributed by atoms with Crippen molar-refractivity contribution in [2.75, 3.05) is 5.73 Å². The van der Waals surface area contributed by atoms with Crippen LogP contribution < -0.4 is 5.73 Å². The van der Waals surface area contributed by atoms with Gasteiger partial charge in [0.25, 0.3) is 0 Å². The van der Waals surface area contributed by atoms with Gasteiger partial charge in [-0.15, -0.1) is 0 Å². The second kappa shape index (κ2) is 4.18. The fraction of sp³-hybridized carbons (Fsp3) is 0.143. The molecular formula is C14H14ClN. The van der Waals surface area contributed by atoms with E-state index in [4.69, 9.17) is 17.3 Å². The second-order valence-corrected chi connectivity index (χ2v) is 4.38. The second-order valence-electron chi connectivity index (χ2n) is 3.97. The normalized spacial score (nSPS) is 10.4. The summed E-state index contributed by atoms with van der Waals surface area (Å²) in [6.07, 6.45) is 0. The Morgan fingerprint density at radius 3 is 2.31 bits per heavy atom. The van der Waals surface area contributed by atoms with E-state index >= 15 is 0 Å². The molecule has 0 unspecified atom stereocenters. The lowest BCUT2D eigenvalue weighted by Crippen LogP contribution is -1.95. The summed E-state index contributed by atoms with van der Waals surface area (Å²) in [4.78, 5) is 0. The number of hydrogen-bond donors (Lipinski definition) is 1. The molecule has 0 bridgehead atoms. The summed E-state index contributed by atoms with van der Waals surface area (Å²) >= 11 is 6.06. The molecular weight excluding hydrogens is 218 g/mol. The molecule has 0 saturated carbocycles. The van der Waals surface area contributed by atoms with Gasteiger partial charge in [0.1, 0.15) is 0 Å². The van der Waals surface area contributed by atoms with E-state index in [-0.39, 0.29) is 0 Å². The van der Waals surface area contributed by atoms with Crippen LogP contribution in [0.3, 0.4) is 0 Å². The summed E-state index contributed by atoms with van der Waals surface area (Å²) in [6.45, 7) is 4.13. The van der Waals surface area contributed by atoms with Crippen LogP contribution in [0.15, 0.2) is 36.4 Å². The van der Waals surface area contributed by atoms with Crippen LogP contribution in [-0.4, -0.2) is 0 Å². The van der Waals surface area contributed by atoms with Gasteiger partial charge in [0.2, 0.25) is 0 Å². The molecule has 0 aliphatic heterocycles. The van der Waals surface area contributed by atoms with Gasteiger partial charge < -0.3 is 5.73 Å². The lowest BCUT2D eigenvalue weighted by Gasteiger charge is -2.13. The summed E-state index contributed by atoms with van der Waals surface area (Å²) in [5.74, 6) is 0. The Bertz CT molecular complexity index is 532. The Hall–Kier alpha value is -1.47. The van der Waals surface area contributed by atoms with Crippen molar-refractivity contribution in [2.24, 2.45) is 0 Å². The standard InChI is InChI=1S/C14H14ClN/c1-9-5-3-4-6-11(9)13-10(2)7-8-12(15)14(13)16/h3-8H,16H2,1-2H3. The average Bonchev–Trinajstić information content (AvgIpc) is 2.27. The van der Waals surface area contributed by atoms with Crippen molar-refractivity contribution in [3.8, 4) is 11.1 Å². The quantitative estimate of drug-likeness (QED) is 0.732. The first-order chi connectivity index (χ1) is 7.61. The fourth-order valence-electron chi connectivity index (χ4n) is 1.91. The zero-order chi connectivity index (χ0) is 11.7. The number of nitrogen functional groups attached to an aromatic ring is 1. The predicted molar refractivity (Wildman–Crippen MR) is 70.8 cm³/mol. The minimum atomic E-state index is 0.615. The summed E-state index contributed by atoms with van der Waals surface area (Å²) < 4.78 is 0. The van der Waals surface area contributed by atoms with E-state index in [2.05, 4.69) is 26.0 Å². The van der Waals surface area contributed by atoms with Crippen molar-refractivity contribution in [3.05, 3.63) is 52.5 Å². The number of benzene rings is 2. The van der Waals surface area contributed by atoms with Crippen LogP contribution in [0.5, 0.6) is 0 Å². The maximum Gasteiger partial charge on any atom is 0.0642 e. The molecule has 82 valence electrons. The van der Waals surface area contributed by atoms with E-state index in [1.807, 2.05) is 24.3 Å². The third kappa shape index (κ3) is 1.79. The van der Waals surface area contributed by atoms with Crippen LogP contribution in [-0.2, 0) is 0 Å². The van der Waals surface area contributed by atoms with Gasteiger partial charge in [-0.2, -0.15) is 0 Å². The molecule has 0 saturated heterocycles. The first kappa shape index (κ1) is 11.0. The molecule has 2 rings (SSSR count). The molecule has 0 aliphatic carbocycles. The highest BCUT2D eigenvalue weighted by atomic mass is 35.5. The molecule has 2 aromatic rings. The fourth-order valence-corrected chi connectivity index (χ4v) is 2.07. The van der Waals surface area contributed by atoms with E-state index in [0.29, 0.717) is 10.7 Å². The van der Waals surface area contributed by atoms with Crippen LogP contribution in [0.2, 0.25) is 5.02 Å². The smallest absolute Gasteiger partial charge is 0.0642 e. The van der Waals surface area contributed by atoms with Crippen LogP contribution in [0.1, 0.15) is 11.1 Å². The van der Waals surface area contributed by atoms with Crippen molar-refractivity contribution in [3.63, 3.8) is 0 Å². The van der Waals surface area contributed by atoms with Crippen LogP contribution in [0, 0.1) is 13.8 Å². The zero-order valence-electron chi connectivity index (χ0n) is 9.42. The van der Waals surface area contributed by atoms with Gasteiger partial charge in [-0.25, -0.2) is 0 Å². The Kier molecular flexibility index (Phi) is 2.88. The lowest BCUT2D eigenvalue weighted by atomic mass is 9.95. The maximum absolute atomic E-state index is 6.06. The van der Waals surface area contributed by atoms with Crippen molar-refractivity contribution in [2.45, 2.75) is 13.8 Å². The first-order valence-electron chi connectivity index (χ1n) is 5.22. The molecule has 2 aromatic carbocycles. The monoisotopic (exact) mass is 231 g/mol. The summed E-state index contributed by atoms with van der Waals surface area (Å²) in [7, 11) is 0. The van der Waals surface area contributed by atoms with Gasteiger partial charge in [-0.05, 0) is 36.6 Å². The van der Waals surface area contributed by atoms with Gasteiger partial charge >= 0.3 is 0 Å². The van der Waals surface area contributed by atoms with E-state index in [1.165, 1.54) is 5.56 Å². The highest BCUT2D eigenvalue weighted by molar-refractivity contribution is 6.33. The Balaban J connectivity index is 2.74. The van der Waals surface area contributed by atoms with E-state index in [0.717, 1.165) is 16.7 Å². The number of halogens is 1. The highest BCUT2D eigenvalue weighted by Crippen LogP contribution is 2.35. The van der Waals surface area contributed by atoms with Crippen LogP contribution in [0.25, 0.3) is 11.1 Å². The molecule has 0 atom stereocenters. The van der Waals surface area contributed by atoms with Crippen LogP contribution in [0.4, 0.5) is 5.69 Å². The topological polar surface area (TPSA) is 26.0 Å². The Morgan fingerprint density at radius 1 is 0.938 bits per heavy atom. The summed E-state index contributed by atoms with van der Waals surface area (Å²) in [5, 5.41) is 0.615. The molecule has 1 nitrogen and oxygen atoms in total. The molecule has 2 N–H and O–H groups in total. The molecule has 0 heterocycles. The molecule has 0 spiro atoms. The molecule has 0 fully saturated rings. The van der Waals surface area contributed by atoms with Gasteiger partial charge in [0, 0.05) is 5.56 Å². The minimum absolute atomic E-state index is 0.615. The Morgan fingerprint density at radius 2 is 1.62 bits per heavy atom. The molecule has 0 aromatic heterocycles. The number of hydrogen-bond acceptors (Lipinski definition) is 1.